The van der Waals surface area contributed by atoms with Gasteiger partial charge in [-0.15, -0.1) is 0 Å². The van der Waals surface area contributed by atoms with Crippen LogP contribution in [0.5, 0.6) is 0 Å². The molecule has 6 heteroatoms. The summed E-state index contributed by atoms with van der Waals surface area (Å²) in [5, 5.41) is 7.98. The van der Waals surface area contributed by atoms with E-state index in [4.69, 9.17) is 24.4 Å². The maximum absolute atomic E-state index is 5.32. The summed E-state index contributed by atoms with van der Waals surface area (Å²) in [7, 11) is 0. The van der Waals surface area contributed by atoms with Gasteiger partial charge in [-0.2, -0.15) is 0 Å². The van der Waals surface area contributed by atoms with Crippen LogP contribution >= 0.6 is 24.4 Å². The van der Waals surface area contributed by atoms with Crippen molar-refractivity contribution < 1.29 is 0 Å². The Morgan fingerprint density at radius 1 is 0.800 bits per heavy atom. The third kappa shape index (κ3) is 5.05. The average Bonchev–Trinajstić information content (AvgIpc) is 2.92. The highest BCUT2D eigenvalue weighted by molar-refractivity contribution is 7.80. The number of thiocarbonyl (C=S) groups is 2. The van der Waals surface area contributed by atoms with Crippen LogP contribution in [0, 0.1) is 5.92 Å². The SMILES string of the molecule is C[C@H]1CCCC[C@H]1NC(=S)NNC(=S)NC1CCCC1. The molecule has 114 valence electrons. The number of hydrazine groups is 1. The highest BCUT2D eigenvalue weighted by Gasteiger charge is 2.21. The summed E-state index contributed by atoms with van der Waals surface area (Å²) in [4.78, 5) is 0. The minimum atomic E-state index is 0.488. The van der Waals surface area contributed by atoms with Crippen molar-refractivity contribution in [1.82, 2.24) is 21.5 Å². The van der Waals surface area contributed by atoms with E-state index >= 15 is 0 Å². The molecule has 0 radical (unpaired) electrons. The molecule has 4 nitrogen and oxygen atoms in total. The molecular formula is C14H26N4S2. The van der Waals surface area contributed by atoms with E-state index in [1.165, 1.54) is 51.4 Å². The summed E-state index contributed by atoms with van der Waals surface area (Å²) in [6.07, 6.45) is 10.1. The Bertz CT molecular complexity index is 342. The Morgan fingerprint density at radius 3 is 2.00 bits per heavy atom. The molecule has 0 saturated heterocycles. The van der Waals surface area contributed by atoms with Gasteiger partial charge in [0.2, 0.25) is 0 Å². The lowest BCUT2D eigenvalue weighted by Gasteiger charge is -2.30. The van der Waals surface area contributed by atoms with Gasteiger partial charge in [0.1, 0.15) is 0 Å². The van der Waals surface area contributed by atoms with Crippen molar-refractivity contribution in [1.29, 1.82) is 0 Å². The summed E-state index contributed by atoms with van der Waals surface area (Å²) in [6, 6.07) is 1.01. The first-order chi connectivity index (χ1) is 9.65. The predicted octanol–water partition coefficient (Wildman–Crippen LogP) is 2.35. The lowest BCUT2D eigenvalue weighted by Crippen LogP contribution is -2.54. The predicted molar refractivity (Wildman–Crippen MR) is 91.4 cm³/mol. The molecule has 0 spiro atoms. The summed E-state index contributed by atoms with van der Waals surface area (Å²) >= 11 is 10.6. The zero-order chi connectivity index (χ0) is 14.4. The van der Waals surface area contributed by atoms with E-state index in [-0.39, 0.29) is 0 Å². The molecule has 4 N–H and O–H groups in total. The molecule has 20 heavy (non-hydrogen) atoms. The van der Waals surface area contributed by atoms with Crippen molar-refractivity contribution in [2.24, 2.45) is 5.92 Å². The van der Waals surface area contributed by atoms with Crippen LogP contribution in [0.15, 0.2) is 0 Å². The lowest BCUT2D eigenvalue weighted by atomic mass is 9.86. The largest absolute Gasteiger partial charge is 0.359 e. The smallest absolute Gasteiger partial charge is 0.185 e. The molecule has 0 bridgehead atoms. The van der Waals surface area contributed by atoms with Crippen LogP contribution in [0.4, 0.5) is 0 Å². The molecule has 0 aliphatic heterocycles. The zero-order valence-electron chi connectivity index (χ0n) is 12.2. The second-order valence-corrected chi connectivity index (χ2v) is 6.86. The Morgan fingerprint density at radius 2 is 1.35 bits per heavy atom. The summed E-state index contributed by atoms with van der Waals surface area (Å²) < 4.78 is 0. The van der Waals surface area contributed by atoms with Gasteiger partial charge in [-0.1, -0.05) is 32.6 Å². The molecule has 2 atom stereocenters. The van der Waals surface area contributed by atoms with E-state index in [0.717, 1.165) is 0 Å². The van der Waals surface area contributed by atoms with Gasteiger partial charge in [0.15, 0.2) is 10.2 Å². The van der Waals surface area contributed by atoms with Crippen molar-refractivity contribution >= 4 is 34.7 Å². The van der Waals surface area contributed by atoms with Crippen LogP contribution in [-0.2, 0) is 0 Å². The Hall–Kier alpha value is -0.620. The number of hydrogen-bond donors (Lipinski definition) is 4. The highest BCUT2D eigenvalue weighted by Crippen LogP contribution is 2.23. The molecule has 0 aromatic rings. The molecule has 0 amide bonds. The number of nitrogens with one attached hydrogen (secondary N) is 4. The van der Waals surface area contributed by atoms with E-state index in [1.54, 1.807) is 0 Å². The molecule has 2 saturated carbocycles. The first kappa shape index (κ1) is 15.8. The maximum Gasteiger partial charge on any atom is 0.185 e. The van der Waals surface area contributed by atoms with E-state index in [2.05, 4.69) is 28.4 Å². The van der Waals surface area contributed by atoms with Crippen LogP contribution in [0.3, 0.4) is 0 Å². The van der Waals surface area contributed by atoms with E-state index in [1.807, 2.05) is 0 Å². The van der Waals surface area contributed by atoms with Crippen molar-refractivity contribution in [3.8, 4) is 0 Å². The average molecular weight is 315 g/mol. The fourth-order valence-corrected chi connectivity index (χ4v) is 3.56. The molecule has 0 heterocycles. The number of rotatable bonds is 2. The van der Waals surface area contributed by atoms with Crippen LogP contribution in [0.1, 0.15) is 58.3 Å². The minimum absolute atomic E-state index is 0.488. The normalized spacial score (nSPS) is 26.9. The fraction of sp³-hybridized carbons (Fsp3) is 0.857. The van der Waals surface area contributed by atoms with Gasteiger partial charge in [-0.3, -0.25) is 10.9 Å². The van der Waals surface area contributed by atoms with Gasteiger partial charge in [-0.25, -0.2) is 0 Å². The van der Waals surface area contributed by atoms with Crippen LogP contribution in [0.25, 0.3) is 0 Å². The first-order valence-corrected chi connectivity index (χ1v) is 8.60. The molecule has 0 aromatic heterocycles. The second kappa shape index (κ2) is 7.98. The van der Waals surface area contributed by atoms with Gasteiger partial charge < -0.3 is 10.6 Å². The minimum Gasteiger partial charge on any atom is -0.359 e. The van der Waals surface area contributed by atoms with Crippen LogP contribution in [0.2, 0.25) is 0 Å². The maximum atomic E-state index is 5.32. The Balaban J connectivity index is 1.62. The van der Waals surface area contributed by atoms with Crippen molar-refractivity contribution in [2.45, 2.75) is 70.4 Å². The second-order valence-electron chi connectivity index (χ2n) is 6.05. The third-order valence-electron chi connectivity index (χ3n) is 4.41. The van der Waals surface area contributed by atoms with Gasteiger partial charge >= 0.3 is 0 Å². The van der Waals surface area contributed by atoms with Gasteiger partial charge in [0.05, 0.1) is 0 Å². The van der Waals surface area contributed by atoms with E-state index in [0.29, 0.717) is 28.2 Å². The molecule has 2 aliphatic rings. The monoisotopic (exact) mass is 314 g/mol. The fourth-order valence-electron chi connectivity index (χ4n) is 3.14. The van der Waals surface area contributed by atoms with E-state index in [9.17, 15) is 0 Å². The Labute approximate surface area is 132 Å². The molecule has 0 unspecified atom stereocenters. The van der Waals surface area contributed by atoms with Crippen molar-refractivity contribution in [3.63, 3.8) is 0 Å². The van der Waals surface area contributed by atoms with Crippen molar-refractivity contribution in [3.05, 3.63) is 0 Å². The first-order valence-electron chi connectivity index (χ1n) is 7.78. The van der Waals surface area contributed by atoms with Crippen molar-refractivity contribution in [2.75, 3.05) is 0 Å². The highest BCUT2D eigenvalue weighted by atomic mass is 32.1. The van der Waals surface area contributed by atoms with Crippen LogP contribution < -0.4 is 21.5 Å². The quantitative estimate of drug-likeness (QED) is 0.464. The molecular weight excluding hydrogens is 288 g/mol. The zero-order valence-corrected chi connectivity index (χ0v) is 13.8. The van der Waals surface area contributed by atoms with Crippen LogP contribution in [-0.4, -0.2) is 22.3 Å². The Kier molecular flexibility index (Phi) is 6.29. The third-order valence-corrected chi connectivity index (χ3v) is 4.85. The molecule has 2 aliphatic carbocycles. The lowest BCUT2D eigenvalue weighted by molar-refractivity contribution is 0.308. The molecule has 2 rings (SSSR count). The molecule has 2 fully saturated rings. The summed E-state index contributed by atoms with van der Waals surface area (Å²) in [5.74, 6) is 0.687. The van der Waals surface area contributed by atoms with Gasteiger partial charge in [-0.05, 0) is 56.0 Å². The van der Waals surface area contributed by atoms with E-state index < -0.39 is 0 Å². The van der Waals surface area contributed by atoms with Gasteiger partial charge in [0.25, 0.3) is 0 Å². The number of hydrogen-bond acceptors (Lipinski definition) is 2. The van der Waals surface area contributed by atoms with Gasteiger partial charge in [0, 0.05) is 12.1 Å². The standard InChI is InChI=1S/C14H26N4S2/c1-10-6-2-5-9-12(10)16-14(20)18-17-13(19)15-11-7-3-4-8-11/h10-12H,2-9H2,1H3,(H2,15,17,19)(H2,16,18,20)/t10-,12+/m0/s1. The summed E-state index contributed by atoms with van der Waals surface area (Å²) in [5.41, 5.74) is 5.97. The topological polar surface area (TPSA) is 48.1 Å². The molecule has 0 aromatic carbocycles. The summed E-state index contributed by atoms with van der Waals surface area (Å²) in [6.45, 7) is 2.29.